The summed E-state index contributed by atoms with van der Waals surface area (Å²) in [7, 11) is 0. The lowest BCUT2D eigenvalue weighted by Gasteiger charge is -2.31. The number of hydrogen-bond donors (Lipinski definition) is 1. The minimum atomic E-state index is -0.333. The fourth-order valence-electron chi connectivity index (χ4n) is 4.29. The van der Waals surface area contributed by atoms with Crippen molar-refractivity contribution in [2.24, 2.45) is 11.7 Å². The van der Waals surface area contributed by atoms with Crippen molar-refractivity contribution < 1.29 is 9.59 Å². The van der Waals surface area contributed by atoms with Crippen molar-refractivity contribution in [2.75, 3.05) is 18.8 Å². The number of carbonyl (C=O) groups is 2. The van der Waals surface area contributed by atoms with E-state index in [1.807, 2.05) is 18.2 Å². The summed E-state index contributed by atoms with van der Waals surface area (Å²) in [6, 6.07) is 18.6. The van der Waals surface area contributed by atoms with Crippen molar-refractivity contribution in [3.63, 3.8) is 0 Å². The smallest absolute Gasteiger partial charge is 0.233 e. The zero-order valence-corrected chi connectivity index (χ0v) is 21.4. The number of thioether (sulfide) groups is 1. The van der Waals surface area contributed by atoms with E-state index in [4.69, 9.17) is 5.73 Å². The molecule has 0 bridgehead atoms. The van der Waals surface area contributed by atoms with Gasteiger partial charge in [-0.25, -0.2) is 0 Å². The molecular formula is C27H33N5O2S. The van der Waals surface area contributed by atoms with Crippen LogP contribution in [-0.4, -0.2) is 50.3 Å². The van der Waals surface area contributed by atoms with Gasteiger partial charge >= 0.3 is 0 Å². The molecule has 1 unspecified atom stereocenters. The number of amides is 2. The topological polar surface area (TPSA) is 94.1 Å². The summed E-state index contributed by atoms with van der Waals surface area (Å²) in [5.74, 6) is 0.408. The fourth-order valence-corrected chi connectivity index (χ4v) is 5.13. The molecule has 1 saturated heterocycles. The van der Waals surface area contributed by atoms with Crippen molar-refractivity contribution in [1.82, 2.24) is 19.7 Å². The average Bonchev–Trinajstić information content (AvgIpc) is 3.25. The van der Waals surface area contributed by atoms with Crippen molar-refractivity contribution >= 4 is 23.6 Å². The maximum absolute atomic E-state index is 12.9. The molecule has 1 atom stereocenters. The maximum Gasteiger partial charge on any atom is 0.233 e. The largest absolute Gasteiger partial charge is 0.369 e. The normalized spacial score (nSPS) is 16.3. The Balaban J connectivity index is 1.55. The van der Waals surface area contributed by atoms with Crippen LogP contribution in [0.1, 0.15) is 44.7 Å². The van der Waals surface area contributed by atoms with E-state index in [0.29, 0.717) is 24.8 Å². The number of nitrogens with zero attached hydrogens (tertiary/aromatic N) is 4. The molecule has 0 saturated carbocycles. The van der Waals surface area contributed by atoms with E-state index in [9.17, 15) is 9.59 Å². The van der Waals surface area contributed by atoms with Gasteiger partial charge in [-0.15, -0.1) is 10.2 Å². The lowest BCUT2D eigenvalue weighted by Crippen LogP contribution is -2.44. The molecule has 0 spiro atoms. The Kier molecular flexibility index (Phi) is 7.60. The standard InChI is InChI=1S/C27H33N5O2S/c1-27(2,3)22-13-11-20(12-14-22)25-29-30-26(32(25)16-19-8-5-4-6-9-19)35-18-23(33)31-15-7-10-21(17-31)24(28)34/h4-6,8-9,11-14,21H,7,10,15-18H2,1-3H3,(H2,28,34). The van der Waals surface area contributed by atoms with E-state index in [0.717, 1.165) is 29.8 Å². The maximum atomic E-state index is 12.9. The molecule has 2 heterocycles. The molecule has 2 N–H and O–H groups in total. The van der Waals surface area contributed by atoms with Gasteiger partial charge in [0.15, 0.2) is 11.0 Å². The number of piperidine rings is 1. The highest BCUT2D eigenvalue weighted by atomic mass is 32.2. The predicted molar refractivity (Wildman–Crippen MR) is 139 cm³/mol. The minimum Gasteiger partial charge on any atom is -0.369 e. The molecular weight excluding hydrogens is 458 g/mol. The van der Waals surface area contributed by atoms with Crippen molar-refractivity contribution in [3.05, 3.63) is 65.7 Å². The van der Waals surface area contributed by atoms with Crippen LogP contribution in [0.4, 0.5) is 0 Å². The van der Waals surface area contributed by atoms with Crippen molar-refractivity contribution in [2.45, 2.75) is 50.7 Å². The van der Waals surface area contributed by atoms with Crippen LogP contribution in [-0.2, 0) is 21.5 Å². The first kappa shape index (κ1) is 25.0. The molecule has 1 aliphatic heterocycles. The molecule has 2 aromatic carbocycles. The third-order valence-electron chi connectivity index (χ3n) is 6.41. The first-order valence-electron chi connectivity index (χ1n) is 12.0. The van der Waals surface area contributed by atoms with Gasteiger partial charge in [0.05, 0.1) is 18.2 Å². The second kappa shape index (κ2) is 10.6. The van der Waals surface area contributed by atoms with Crippen LogP contribution in [0.15, 0.2) is 59.8 Å². The number of rotatable bonds is 7. The molecule has 4 rings (SSSR count). The summed E-state index contributed by atoms with van der Waals surface area (Å²) in [5.41, 5.74) is 8.92. The van der Waals surface area contributed by atoms with E-state index >= 15 is 0 Å². The second-order valence-electron chi connectivity index (χ2n) is 10.1. The number of benzene rings is 2. The van der Waals surface area contributed by atoms with Gasteiger partial charge in [0.25, 0.3) is 0 Å². The molecule has 1 aromatic heterocycles. The Bertz CT molecular complexity index is 1170. The molecule has 1 fully saturated rings. The van der Waals surface area contributed by atoms with E-state index < -0.39 is 0 Å². The summed E-state index contributed by atoms with van der Waals surface area (Å²) in [6.07, 6.45) is 1.54. The molecule has 2 amide bonds. The molecule has 1 aliphatic rings. The first-order valence-corrected chi connectivity index (χ1v) is 13.0. The zero-order valence-electron chi connectivity index (χ0n) is 20.6. The first-order chi connectivity index (χ1) is 16.7. The quantitative estimate of drug-likeness (QED) is 0.502. The Morgan fingerprint density at radius 1 is 1.06 bits per heavy atom. The second-order valence-corrected chi connectivity index (χ2v) is 11.0. The highest BCUT2D eigenvalue weighted by Gasteiger charge is 2.27. The Labute approximate surface area is 211 Å². The number of likely N-dealkylation sites (tertiary alicyclic amines) is 1. The molecule has 0 aliphatic carbocycles. The Morgan fingerprint density at radius 3 is 2.43 bits per heavy atom. The number of nitrogens with two attached hydrogens (primary N) is 1. The zero-order chi connectivity index (χ0) is 25.0. The summed E-state index contributed by atoms with van der Waals surface area (Å²) in [6.45, 7) is 8.25. The van der Waals surface area contributed by atoms with E-state index in [2.05, 4.69) is 71.9 Å². The van der Waals surface area contributed by atoms with Gasteiger partial charge in [0.2, 0.25) is 11.8 Å². The van der Waals surface area contributed by atoms with Gasteiger partial charge in [0, 0.05) is 18.7 Å². The summed E-state index contributed by atoms with van der Waals surface area (Å²) < 4.78 is 2.07. The van der Waals surface area contributed by atoms with Crippen LogP contribution in [0, 0.1) is 5.92 Å². The molecule has 8 heteroatoms. The number of hydrogen-bond acceptors (Lipinski definition) is 5. The van der Waals surface area contributed by atoms with E-state index in [-0.39, 0.29) is 28.9 Å². The van der Waals surface area contributed by atoms with Gasteiger partial charge in [-0.3, -0.25) is 14.2 Å². The van der Waals surface area contributed by atoms with E-state index in [1.54, 1.807) is 4.90 Å². The lowest BCUT2D eigenvalue weighted by molar-refractivity contribution is -0.132. The minimum absolute atomic E-state index is 0.00806. The summed E-state index contributed by atoms with van der Waals surface area (Å²) in [5, 5.41) is 9.65. The van der Waals surface area contributed by atoms with Crippen LogP contribution < -0.4 is 5.73 Å². The van der Waals surface area contributed by atoms with Gasteiger partial charge in [-0.2, -0.15) is 0 Å². The summed E-state index contributed by atoms with van der Waals surface area (Å²) >= 11 is 1.38. The van der Waals surface area contributed by atoms with Crippen LogP contribution >= 0.6 is 11.8 Å². The average molecular weight is 492 g/mol. The summed E-state index contributed by atoms with van der Waals surface area (Å²) in [4.78, 5) is 26.2. The van der Waals surface area contributed by atoms with Crippen molar-refractivity contribution in [3.8, 4) is 11.4 Å². The highest BCUT2D eigenvalue weighted by Crippen LogP contribution is 2.29. The third kappa shape index (κ3) is 6.11. The van der Waals surface area contributed by atoms with Gasteiger partial charge in [-0.1, -0.05) is 87.1 Å². The predicted octanol–water partition coefficient (Wildman–Crippen LogP) is 4.11. The van der Waals surface area contributed by atoms with Crippen molar-refractivity contribution in [1.29, 1.82) is 0 Å². The van der Waals surface area contributed by atoms with Crippen LogP contribution in [0.5, 0.6) is 0 Å². The van der Waals surface area contributed by atoms with Crippen LogP contribution in [0.2, 0.25) is 0 Å². The molecule has 0 radical (unpaired) electrons. The lowest BCUT2D eigenvalue weighted by atomic mass is 9.87. The van der Waals surface area contributed by atoms with E-state index in [1.165, 1.54) is 17.3 Å². The molecule has 184 valence electrons. The highest BCUT2D eigenvalue weighted by molar-refractivity contribution is 7.99. The van der Waals surface area contributed by atoms with Gasteiger partial charge < -0.3 is 10.6 Å². The Hall–Kier alpha value is -3.13. The SMILES string of the molecule is CC(C)(C)c1ccc(-c2nnc(SCC(=O)N3CCCC(C(N)=O)C3)n2Cc2ccccc2)cc1. The number of carbonyl (C=O) groups excluding carboxylic acids is 2. The van der Waals surface area contributed by atoms with Gasteiger partial charge in [0.1, 0.15) is 0 Å². The molecule has 3 aromatic rings. The molecule has 35 heavy (non-hydrogen) atoms. The third-order valence-corrected chi connectivity index (χ3v) is 7.36. The fraction of sp³-hybridized carbons (Fsp3) is 0.407. The number of aromatic nitrogens is 3. The van der Waals surface area contributed by atoms with Gasteiger partial charge in [-0.05, 0) is 29.4 Å². The monoisotopic (exact) mass is 491 g/mol. The Morgan fingerprint density at radius 2 is 1.77 bits per heavy atom. The molecule has 7 nitrogen and oxygen atoms in total. The van der Waals surface area contributed by atoms with Crippen LogP contribution in [0.3, 0.4) is 0 Å². The number of primary amides is 1. The van der Waals surface area contributed by atoms with Crippen LogP contribution in [0.25, 0.3) is 11.4 Å².